The molecular weight excluding hydrogens is 447 g/mol. The molecule has 32 heavy (non-hydrogen) atoms. The lowest BCUT2D eigenvalue weighted by Gasteiger charge is -2.13. The van der Waals surface area contributed by atoms with E-state index in [1.54, 1.807) is 16.7 Å². The summed E-state index contributed by atoms with van der Waals surface area (Å²) < 4.78 is 23.2. The molecule has 0 amide bonds. The molecule has 3 aromatic heterocycles. The highest BCUT2D eigenvalue weighted by Gasteiger charge is 2.19. The minimum Gasteiger partial charge on any atom is -0.494 e. The number of aromatic nitrogens is 4. The molecule has 5 rings (SSSR count). The molecule has 0 saturated heterocycles. The predicted octanol–water partition coefficient (Wildman–Crippen LogP) is 4.98. The molecule has 162 valence electrons. The minimum atomic E-state index is -0.261. The van der Waals surface area contributed by atoms with Crippen LogP contribution < -0.4 is 10.3 Å². The number of para-hydroxylation sites is 1. The highest BCUT2D eigenvalue weighted by atomic mass is 32.2. The maximum atomic E-state index is 13.3. The summed E-state index contributed by atoms with van der Waals surface area (Å²) in [5, 5.41) is 11.3. The van der Waals surface area contributed by atoms with E-state index in [-0.39, 0.29) is 11.4 Å². The SMILES string of the molecule is CCOc1ccccc1Cn1c(=O)c2sccc2n2c(SCc3ccc(F)cc3)nnc12. The van der Waals surface area contributed by atoms with Crippen LogP contribution in [0, 0.1) is 5.82 Å². The zero-order valence-electron chi connectivity index (χ0n) is 17.2. The standard InChI is InChI=1S/C23H19FN4O2S2/c1-2-30-19-6-4-3-5-16(19)13-27-21(29)20-18(11-12-31-20)28-22(27)25-26-23(28)32-14-15-7-9-17(24)10-8-15/h3-12H,2,13-14H2,1H3. The van der Waals surface area contributed by atoms with Gasteiger partial charge in [-0.15, -0.1) is 21.5 Å². The number of fused-ring (bicyclic) bond motifs is 3. The fourth-order valence-corrected chi connectivity index (χ4v) is 5.29. The molecule has 0 fully saturated rings. The summed E-state index contributed by atoms with van der Waals surface area (Å²) in [6.07, 6.45) is 0. The molecular formula is C23H19FN4O2S2. The number of nitrogens with zero attached hydrogens (tertiary/aromatic N) is 4. The topological polar surface area (TPSA) is 61.4 Å². The molecule has 0 bridgehead atoms. The smallest absolute Gasteiger partial charge is 0.273 e. The van der Waals surface area contributed by atoms with Crippen molar-refractivity contribution in [2.45, 2.75) is 24.4 Å². The third kappa shape index (κ3) is 3.78. The van der Waals surface area contributed by atoms with Gasteiger partial charge in [0.25, 0.3) is 5.56 Å². The van der Waals surface area contributed by atoms with E-state index < -0.39 is 0 Å². The van der Waals surface area contributed by atoms with Crippen molar-refractivity contribution in [3.8, 4) is 5.75 Å². The molecule has 0 atom stereocenters. The van der Waals surface area contributed by atoms with Gasteiger partial charge in [-0.2, -0.15) is 0 Å². The van der Waals surface area contributed by atoms with Gasteiger partial charge in [-0.3, -0.25) is 13.8 Å². The summed E-state index contributed by atoms with van der Waals surface area (Å²) >= 11 is 2.90. The van der Waals surface area contributed by atoms with Gasteiger partial charge in [-0.25, -0.2) is 4.39 Å². The van der Waals surface area contributed by atoms with Gasteiger partial charge in [0.1, 0.15) is 16.3 Å². The van der Waals surface area contributed by atoms with E-state index in [0.29, 0.717) is 34.5 Å². The van der Waals surface area contributed by atoms with Crippen molar-refractivity contribution in [3.05, 3.63) is 87.3 Å². The molecule has 9 heteroatoms. The van der Waals surface area contributed by atoms with Crippen LogP contribution in [0.15, 0.2) is 69.9 Å². The Morgan fingerprint density at radius 3 is 2.72 bits per heavy atom. The lowest BCUT2D eigenvalue weighted by molar-refractivity contribution is 0.336. The van der Waals surface area contributed by atoms with E-state index in [4.69, 9.17) is 4.74 Å². The average molecular weight is 467 g/mol. The summed E-state index contributed by atoms with van der Waals surface area (Å²) in [7, 11) is 0. The number of ether oxygens (including phenoxy) is 1. The summed E-state index contributed by atoms with van der Waals surface area (Å²) in [6, 6.07) is 16.0. The molecule has 0 radical (unpaired) electrons. The summed E-state index contributed by atoms with van der Waals surface area (Å²) in [5.41, 5.74) is 2.57. The van der Waals surface area contributed by atoms with Gasteiger partial charge in [-0.05, 0) is 42.1 Å². The van der Waals surface area contributed by atoms with Crippen molar-refractivity contribution in [1.82, 2.24) is 19.2 Å². The Morgan fingerprint density at radius 2 is 1.91 bits per heavy atom. The molecule has 0 saturated carbocycles. The lowest BCUT2D eigenvalue weighted by atomic mass is 10.2. The summed E-state index contributed by atoms with van der Waals surface area (Å²) in [4.78, 5) is 13.3. The maximum Gasteiger partial charge on any atom is 0.273 e. The van der Waals surface area contributed by atoms with Crippen LogP contribution in [0.3, 0.4) is 0 Å². The zero-order valence-corrected chi connectivity index (χ0v) is 18.8. The first-order chi connectivity index (χ1) is 15.7. The van der Waals surface area contributed by atoms with Crippen molar-refractivity contribution in [2.75, 3.05) is 6.61 Å². The molecule has 3 heterocycles. The molecule has 0 aliphatic heterocycles. The van der Waals surface area contributed by atoms with Crippen LogP contribution in [0.25, 0.3) is 16.0 Å². The predicted molar refractivity (Wildman–Crippen MR) is 125 cm³/mol. The molecule has 0 aliphatic rings. The first-order valence-corrected chi connectivity index (χ1v) is 12.0. The van der Waals surface area contributed by atoms with Crippen molar-refractivity contribution >= 4 is 39.1 Å². The number of halogens is 1. The average Bonchev–Trinajstić information content (AvgIpc) is 3.45. The highest BCUT2D eigenvalue weighted by Crippen LogP contribution is 2.27. The van der Waals surface area contributed by atoms with Gasteiger partial charge in [-0.1, -0.05) is 42.1 Å². The number of thiophene rings is 1. The molecule has 2 aromatic carbocycles. The zero-order chi connectivity index (χ0) is 22.1. The summed E-state index contributed by atoms with van der Waals surface area (Å²) in [5.74, 6) is 1.58. The fraction of sp³-hybridized carbons (Fsp3) is 0.174. The van der Waals surface area contributed by atoms with Gasteiger partial charge in [0.05, 0.1) is 18.7 Å². The van der Waals surface area contributed by atoms with E-state index >= 15 is 0 Å². The van der Waals surface area contributed by atoms with Crippen LogP contribution in [0.4, 0.5) is 4.39 Å². The quantitative estimate of drug-likeness (QED) is 0.317. The Labute approximate surface area is 191 Å². The van der Waals surface area contributed by atoms with Gasteiger partial charge in [0.2, 0.25) is 5.78 Å². The molecule has 5 aromatic rings. The van der Waals surface area contributed by atoms with E-state index in [1.807, 2.05) is 47.0 Å². The first-order valence-electron chi connectivity index (χ1n) is 10.1. The largest absolute Gasteiger partial charge is 0.494 e. The van der Waals surface area contributed by atoms with E-state index in [0.717, 1.165) is 22.4 Å². The number of hydrogen-bond donors (Lipinski definition) is 0. The van der Waals surface area contributed by atoms with Crippen LogP contribution >= 0.6 is 23.1 Å². The second-order valence-electron chi connectivity index (χ2n) is 7.10. The third-order valence-electron chi connectivity index (χ3n) is 5.06. The molecule has 0 N–H and O–H groups in total. The van der Waals surface area contributed by atoms with Crippen LogP contribution in [0.1, 0.15) is 18.1 Å². The molecule has 6 nitrogen and oxygen atoms in total. The van der Waals surface area contributed by atoms with Crippen molar-refractivity contribution in [1.29, 1.82) is 0 Å². The van der Waals surface area contributed by atoms with Crippen LogP contribution in [-0.4, -0.2) is 25.8 Å². The van der Waals surface area contributed by atoms with Gasteiger partial charge in [0.15, 0.2) is 5.16 Å². The number of benzene rings is 2. The Morgan fingerprint density at radius 1 is 1.09 bits per heavy atom. The van der Waals surface area contributed by atoms with Gasteiger partial charge >= 0.3 is 0 Å². The Bertz CT molecular complexity index is 1460. The minimum absolute atomic E-state index is 0.101. The fourth-order valence-electron chi connectivity index (χ4n) is 3.57. The number of rotatable bonds is 7. The Kier molecular flexibility index (Phi) is 5.67. The second kappa shape index (κ2) is 8.76. The second-order valence-corrected chi connectivity index (χ2v) is 8.96. The van der Waals surface area contributed by atoms with Crippen molar-refractivity contribution < 1.29 is 9.13 Å². The van der Waals surface area contributed by atoms with Crippen LogP contribution in [-0.2, 0) is 12.3 Å². The number of hydrogen-bond acceptors (Lipinski definition) is 6. The van der Waals surface area contributed by atoms with Crippen LogP contribution in [0.5, 0.6) is 5.75 Å². The van der Waals surface area contributed by atoms with E-state index in [1.165, 1.54) is 35.2 Å². The molecule has 0 spiro atoms. The number of thioether (sulfide) groups is 1. The summed E-state index contributed by atoms with van der Waals surface area (Å²) in [6.45, 7) is 2.80. The normalized spacial score (nSPS) is 11.4. The van der Waals surface area contributed by atoms with Crippen molar-refractivity contribution in [2.24, 2.45) is 0 Å². The van der Waals surface area contributed by atoms with Gasteiger partial charge in [0, 0.05) is 11.3 Å². The monoisotopic (exact) mass is 466 g/mol. The van der Waals surface area contributed by atoms with E-state index in [9.17, 15) is 9.18 Å². The van der Waals surface area contributed by atoms with E-state index in [2.05, 4.69) is 10.2 Å². The Hall–Kier alpha value is -3.17. The van der Waals surface area contributed by atoms with Gasteiger partial charge < -0.3 is 4.74 Å². The molecule has 0 aliphatic carbocycles. The third-order valence-corrected chi connectivity index (χ3v) is 6.96. The lowest BCUT2D eigenvalue weighted by Crippen LogP contribution is -2.23. The van der Waals surface area contributed by atoms with Crippen LogP contribution in [0.2, 0.25) is 0 Å². The highest BCUT2D eigenvalue weighted by molar-refractivity contribution is 7.98. The molecule has 0 unspecified atom stereocenters. The maximum absolute atomic E-state index is 13.3. The van der Waals surface area contributed by atoms with Crippen molar-refractivity contribution in [3.63, 3.8) is 0 Å². The first kappa shape index (κ1) is 20.7. The Balaban J connectivity index is 1.59.